The van der Waals surface area contributed by atoms with Gasteiger partial charge in [0.25, 0.3) is 0 Å². The van der Waals surface area contributed by atoms with Crippen molar-refractivity contribution in [1.82, 2.24) is 0 Å². The largest absolute Gasteiger partial charge is 0.489 e. The highest BCUT2D eigenvalue weighted by Crippen LogP contribution is 2.36. The van der Waals surface area contributed by atoms with Gasteiger partial charge in [0.2, 0.25) is 0 Å². The molecule has 0 radical (unpaired) electrons. The second kappa shape index (κ2) is 4.53. The molecule has 2 atom stereocenters. The van der Waals surface area contributed by atoms with Crippen LogP contribution in [-0.4, -0.2) is 17.2 Å². The Morgan fingerprint density at radius 3 is 2.94 bits per heavy atom. The second-order valence-corrected chi connectivity index (χ2v) is 4.46. The number of benzene rings is 1. The standard InChI is InChI=1S/C12H12ClFO3/c1-2-9-7(12(15)16)5-6-10(17-9)4-3-8(13)11(6)14/h3-4,7,9H,2,5H2,1H3,(H,15,16). The van der Waals surface area contributed by atoms with Gasteiger partial charge in [0.05, 0.1) is 10.9 Å². The van der Waals surface area contributed by atoms with E-state index in [9.17, 15) is 9.18 Å². The molecule has 17 heavy (non-hydrogen) atoms. The Morgan fingerprint density at radius 1 is 1.65 bits per heavy atom. The summed E-state index contributed by atoms with van der Waals surface area (Å²) >= 11 is 5.67. The summed E-state index contributed by atoms with van der Waals surface area (Å²) in [4.78, 5) is 11.1. The summed E-state index contributed by atoms with van der Waals surface area (Å²) in [6.07, 6.45) is 0.275. The van der Waals surface area contributed by atoms with E-state index < -0.39 is 23.8 Å². The molecule has 0 aromatic heterocycles. The Morgan fingerprint density at radius 2 is 2.35 bits per heavy atom. The van der Waals surface area contributed by atoms with Gasteiger partial charge in [0, 0.05) is 5.56 Å². The Kier molecular flexibility index (Phi) is 3.24. The average Bonchev–Trinajstić information content (AvgIpc) is 2.32. The molecule has 3 nitrogen and oxygen atoms in total. The predicted molar refractivity (Wildman–Crippen MR) is 60.9 cm³/mol. The number of rotatable bonds is 2. The molecule has 1 aromatic rings. The highest BCUT2D eigenvalue weighted by molar-refractivity contribution is 6.30. The van der Waals surface area contributed by atoms with Crippen LogP contribution in [-0.2, 0) is 11.2 Å². The molecule has 0 bridgehead atoms. The predicted octanol–water partition coefficient (Wildman–Crippen LogP) is 2.89. The van der Waals surface area contributed by atoms with Crippen LogP contribution in [0.2, 0.25) is 5.02 Å². The van der Waals surface area contributed by atoms with E-state index in [2.05, 4.69) is 0 Å². The van der Waals surface area contributed by atoms with Crippen LogP contribution in [0.4, 0.5) is 4.39 Å². The van der Waals surface area contributed by atoms with E-state index in [1.54, 1.807) is 6.07 Å². The molecular weight excluding hydrogens is 247 g/mol. The highest BCUT2D eigenvalue weighted by Gasteiger charge is 2.35. The molecule has 5 heteroatoms. The number of ether oxygens (including phenoxy) is 1. The zero-order valence-electron chi connectivity index (χ0n) is 9.24. The SMILES string of the molecule is CCC1Oc2ccc(Cl)c(F)c2CC1C(=O)O. The first kappa shape index (κ1) is 12.2. The number of carbonyl (C=O) groups is 1. The van der Waals surface area contributed by atoms with Gasteiger partial charge in [-0.3, -0.25) is 4.79 Å². The zero-order valence-corrected chi connectivity index (χ0v) is 10.00. The lowest BCUT2D eigenvalue weighted by molar-refractivity contribution is -0.145. The first-order valence-corrected chi connectivity index (χ1v) is 5.78. The first-order chi connectivity index (χ1) is 8.04. The van der Waals surface area contributed by atoms with Crippen molar-refractivity contribution >= 4 is 17.6 Å². The van der Waals surface area contributed by atoms with E-state index in [-0.39, 0.29) is 17.0 Å². The molecule has 0 saturated heterocycles. The van der Waals surface area contributed by atoms with Crippen molar-refractivity contribution < 1.29 is 19.0 Å². The van der Waals surface area contributed by atoms with Gasteiger partial charge < -0.3 is 9.84 Å². The number of fused-ring (bicyclic) bond motifs is 1. The number of halogens is 2. The summed E-state index contributed by atoms with van der Waals surface area (Å²) in [6, 6.07) is 3.00. The van der Waals surface area contributed by atoms with Gasteiger partial charge in [-0.25, -0.2) is 4.39 Å². The van der Waals surface area contributed by atoms with Crippen LogP contribution in [0.5, 0.6) is 5.75 Å². The fourth-order valence-electron chi connectivity index (χ4n) is 2.09. The minimum atomic E-state index is -0.970. The molecule has 1 N–H and O–H groups in total. The number of aliphatic carboxylic acids is 1. The molecule has 1 heterocycles. The number of hydrogen-bond acceptors (Lipinski definition) is 2. The molecule has 0 fully saturated rings. The summed E-state index contributed by atoms with van der Waals surface area (Å²) in [6.45, 7) is 1.85. The summed E-state index contributed by atoms with van der Waals surface area (Å²) in [5.41, 5.74) is 0.259. The number of carboxylic acid groups (broad SMARTS) is 1. The van der Waals surface area contributed by atoms with Gasteiger partial charge >= 0.3 is 5.97 Å². The maximum atomic E-state index is 13.7. The fraction of sp³-hybridized carbons (Fsp3) is 0.417. The van der Waals surface area contributed by atoms with Crippen molar-refractivity contribution in [2.75, 3.05) is 0 Å². The van der Waals surface area contributed by atoms with Crippen LogP contribution in [0.1, 0.15) is 18.9 Å². The lowest BCUT2D eigenvalue weighted by Gasteiger charge is -2.30. The van der Waals surface area contributed by atoms with Crippen LogP contribution in [0.15, 0.2) is 12.1 Å². The molecule has 1 aromatic carbocycles. The minimum Gasteiger partial charge on any atom is -0.489 e. The van der Waals surface area contributed by atoms with Crippen molar-refractivity contribution in [2.24, 2.45) is 5.92 Å². The molecule has 0 spiro atoms. The van der Waals surface area contributed by atoms with Crippen molar-refractivity contribution in [2.45, 2.75) is 25.9 Å². The van der Waals surface area contributed by atoms with Gasteiger partial charge in [0.1, 0.15) is 17.7 Å². The van der Waals surface area contributed by atoms with E-state index in [0.29, 0.717) is 12.2 Å². The monoisotopic (exact) mass is 258 g/mol. The van der Waals surface area contributed by atoms with Crippen LogP contribution in [0.25, 0.3) is 0 Å². The third-order valence-corrected chi connectivity index (χ3v) is 3.32. The summed E-state index contributed by atoms with van der Waals surface area (Å²) in [5.74, 6) is -1.87. The van der Waals surface area contributed by atoms with Crippen LogP contribution < -0.4 is 4.74 Å². The second-order valence-electron chi connectivity index (χ2n) is 4.05. The van der Waals surface area contributed by atoms with Crippen LogP contribution in [0.3, 0.4) is 0 Å². The van der Waals surface area contributed by atoms with Crippen LogP contribution >= 0.6 is 11.6 Å². The summed E-state index contributed by atoms with van der Waals surface area (Å²) < 4.78 is 19.3. The quantitative estimate of drug-likeness (QED) is 0.887. The molecule has 0 saturated carbocycles. The van der Waals surface area contributed by atoms with Crippen molar-refractivity contribution in [1.29, 1.82) is 0 Å². The minimum absolute atomic E-state index is 0.00793. The van der Waals surface area contributed by atoms with Gasteiger partial charge in [-0.2, -0.15) is 0 Å². The third-order valence-electron chi connectivity index (χ3n) is 3.02. The molecule has 1 aliphatic heterocycles. The topological polar surface area (TPSA) is 46.5 Å². The molecule has 92 valence electrons. The molecular formula is C12H12ClFO3. The van der Waals surface area contributed by atoms with Crippen molar-refractivity contribution in [3.63, 3.8) is 0 Å². The third kappa shape index (κ3) is 2.09. The van der Waals surface area contributed by atoms with Crippen molar-refractivity contribution in [3.8, 4) is 5.75 Å². The lowest BCUT2D eigenvalue weighted by Crippen LogP contribution is -2.38. The lowest BCUT2D eigenvalue weighted by atomic mass is 9.89. The molecule has 2 unspecified atom stereocenters. The Balaban J connectivity index is 2.43. The van der Waals surface area contributed by atoms with Gasteiger partial charge in [-0.05, 0) is 25.0 Å². The molecule has 0 aliphatic carbocycles. The Bertz CT molecular complexity index is 461. The Labute approximate surface area is 103 Å². The zero-order chi connectivity index (χ0) is 12.6. The van der Waals surface area contributed by atoms with E-state index in [0.717, 1.165) is 0 Å². The van der Waals surface area contributed by atoms with E-state index in [1.807, 2.05) is 6.92 Å². The highest BCUT2D eigenvalue weighted by atomic mass is 35.5. The summed E-state index contributed by atoms with van der Waals surface area (Å²) in [5, 5.41) is 9.08. The van der Waals surface area contributed by atoms with Crippen molar-refractivity contribution in [3.05, 3.63) is 28.5 Å². The number of hydrogen-bond donors (Lipinski definition) is 1. The Hall–Kier alpha value is -1.29. The first-order valence-electron chi connectivity index (χ1n) is 5.41. The average molecular weight is 259 g/mol. The van der Waals surface area contributed by atoms with Gasteiger partial charge in [-0.15, -0.1) is 0 Å². The normalized spacial score (nSPS) is 22.8. The van der Waals surface area contributed by atoms with Gasteiger partial charge in [-0.1, -0.05) is 18.5 Å². The molecule has 1 aliphatic rings. The number of carboxylic acids is 1. The summed E-state index contributed by atoms with van der Waals surface area (Å²) in [7, 11) is 0. The van der Waals surface area contributed by atoms with E-state index >= 15 is 0 Å². The van der Waals surface area contributed by atoms with Crippen LogP contribution in [0, 0.1) is 11.7 Å². The fourth-order valence-corrected chi connectivity index (χ4v) is 2.26. The molecule has 2 rings (SSSR count). The maximum Gasteiger partial charge on any atom is 0.310 e. The van der Waals surface area contributed by atoms with E-state index in [1.165, 1.54) is 6.07 Å². The van der Waals surface area contributed by atoms with Gasteiger partial charge in [0.15, 0.2) is 0 Å². The maximum absolute atomic E-state index is 13.7. The molecule has 0 amide bonds. The smallest absolute Gasteiger partial charge is 0.310 e. The van der Waals surface area contributed by atoms with E-state index in [4.69, 9.17) is 21.4 Å².